The van der Waals surface area contributed by atoms with Crippen LogP contribution in [0.4, 0.5) is 0 Å². The van der Waals surface area contributed by atoms with E-state index in [9.17, 15) is 9.59 Å². The average molecular weight is 281 g/mol. The minimum absolute atomic E-state index is 0.00212. The maximum atomic E-state index is 12.2. The van der Waals surface area contributed by atoms with Crippen LogP contribution in [0.5, 0.6) is 0 Å². The van der Waals surface area contributed by atoms with Crippen LogP contribution in [0.1, 0.15) is 44.9 Å². The van der Waals surface area contributed by atoms with Gasteiger partial charge in [-0.3, -0.25) is 9.59 Å². The molecule has 5 nitrogen and oxygen atoms in total. The molecule has 1 N–H and O–H groups in total. The topological polar surface area (TPSA) is 52.7 Å². The number of rotatable bonds is 6. The number of carbonyl (C=O) groups excluding carboxylic acids is 2. The molecule has 5 heteroatoms. The minimum atomic E-state index is 0.00212. The van der Waals surface area contributed by atoms with Crippen molar-refractivity contribution in [3.63, 3.8) is 0 Å². The predicted octanol–water partition coefficient (Wildman–Crippen LogP) is 0.988. The summed E-state index contributed by atoms with van der Waals surface area (Å²) in [6.07, 6.45) is 8.24. The lowest BCUT2D eigenvalue weighted by molar-refractivity contribution is -0.139. The lowest BCUT2D eigenvalue weighted by Crippen LogP contribution is -2.46. The van der Waals surface area contributed by atoms with Crippen molar-refractivity contribution in [3.05, 3.63) is 0 Å². The minimum Gasteiger partial charge on any atom is -0.341 e. The Hall–Kier alpha value is -1.10. The predicted molar refractivity (Wildman–Crippen MR) is 78.3 cm³/mol. The van der Waals surface area contributed by atoms with Gasteiger partial charge in [-0.2, -0.15) is 0 Å². The summed E-state index contributed by atoms with van der Waals surface area (Å²) in [5, 5.41) is 3.19. The van der Waals surface area contributed by atoms with E-state index >= 15 is 0 Å². The molecule has 0 aromatic carbocycles. The first-order chi connectivity index (χ1) is 9.58. The third-order valence-corrected chi connectivity index (χ3v) is 4.43. The van der Waals surface area contributed by atoms with Gasteiger partial charge in [-0.25, -0.2) is 0 Å². The van der Waals surface area contributed by atoms with Crippen LogP contribution >= 0.6 is 0 Å². The van der Waals surface area contributed by atoms with Crippen molar-refractivity contribution >= 4 is 11.8 Å². The summed E-state index contributed by atoms with van der Waals surface area (Å²) in [6, 6.07) is 0.886. The van der Waals surface area contributed by atoms with Gasteiger partial charge in [0.2, 0.25) is 11.8 Å². The van der Waals surface area contributed by atoms with Crippen LogP contribution in [0.3, 0.4) is 0 Å². The van der Waals surface area contributed by atoms with Crippen LogP contribution in [0.25, 0.3) is 0 Å². The van der Waals surface area contributed by atoms with Crippen molar-refractivity contribution in [2.24, 2.45) is 0 Å². The van der Waals surface area contributed by atoms with Crippen molar-refractivity contribution in [2.75, 3.05) is 27.2 Å². The number of nitrogens with zero attached hydrogens (tertiary/aromatic N) is 2. The highest BCUT2D eigenvalue weighted by Gasteiger charge is 2.25. The molecule has 0 radical (unpaired) electrons. The molecule has 0 atom stereocenters. The Morgan fingerprint density at radius 1 is 1.00 bits per heavy atom. The van der Waals surface area contributed by atoms with Gasteiger partial charge in [0.25, 0.3) is 0 Å². The van der Waals surface area contributed by atoms with Gasteiger partial charge in [0.05, 0.1) is 13.1 Å². The van der Waals surface area contributed by atoms with E-state index in [1.807, 2.05) is 11.9 Å². The quantitative estimate of drug-likeness (QED) is 0.790. The number of likely N-dealkylation sites (N-methyl/N-ethyl adjacent to an activating group) is 2. The number of hydrogen-bond donors (Lipinski definition) is 1. The standard InChI is InChI=1S/C15H27N3O2/c1-17(14(19)10-16-12-8-9-12)11-15(20)18(2)13-6-4-3-5-7-13/h12-13,16H,3-11H2,1-2H3. The summed E-state index contributed by atoms with van der Waals surface area (Å²) >= 11 is 0. The SMILES string of the molecule is CN(CC(=O)N(C)C1CCCCC1)C(=O)CNC1CC1. The molecule has 0 aromatic rings. The second kappa shape index (κ2) is 7.07. The largest absolute Gasteiger partial charge is 0.341 e. The highest BCUT2D eigenvalue weighted by Crippen LogP contribution is 2.21. The van der Waals surface area contributed by atoms with Crippen LogP contribution in [-0.2, 0) is 9.59 Å². The third kappa shape index (κ3) is 4.47. The summed E-state index contributed by atoms with van der Waals surface area (Å²) < 4.78 is 0. The van der Waals surface area contributed by atoms with Gasteiger partial charge in [-0.15, -0.1) is 0 Å². The van der Waals surface area contributed by atoms with Crippen molar-refractivity contribution in [2.45, 2.75) is 57.0 Å². The number of carbonyl (C=O) groups is 2. The fraction of sp³-hybridized carbons (Fsp3) is 0.867. The molecule has 0 saturated heterocycles. The summed E-state index contributed by atoms with van der Waals surface area (Å²) in [6.45, 7) is 0.541. The highest BCUT2D eigenvalue weighted by molar-refractivity contribution is 5.85. The Labute approximate surface area is 121 Å². The normalized spacial score (nSPS) is 19.7. The zero-order valence-electron chi connectivity index (χ0n) is 12.7. The van der Waals surface area contributed by atoms with E-state index in [1.165, 1.54) is 37.0 Å². The maximum absolute atomic E-state index is 12.2. The van der Waals surface area contributed by atoms with Crippen LogP contribution in [0, 0.1) is 0 Å². The van der Waals surface area contributed by atoms with Gasteiger partial charge in [0, 0.05) is 26.2 Å². The van der Waals surface area contributed by atoms with E-state index in [0.29, 0.717) is 18.6 Å². The first-order valence-electron chi connectivity index (χ1n) is 7.81. The molecule has 2 amide bonds. The van der Waals surface area contributed by atoms with E-state index in [-0.39, 0.29) is 18.4 Å². The average Bonchev–Trinajstić information content (AvgIpc) is 3.28. The van der Waals surface area contributed by atoms with Gasteiger partial charge < -0.3 is 15.1 Å². The Kier molecular flexibility index (Phi) is 5.40. The second-order valence-corrected chi connectivity index (χ2v) is 6.20. The van der Waals surface area contributed by atoms with Gasteiger partial charge in [-0.05, 0) is 25.7 Å². The lowest BCUT2D eigenvalue weighted by atomic mass is 9.94. The first kappa shape index (κ1) is 15.3. The first-order valence-corrected chi connectivity index (χ1v) is 7.81. The van der Waals surface area contributed by atoms with E-state index in [4.69, 9.17) is 0 Å². The van der Waals surface area contributed by atoms with Crippen LogP contribution < -0.4 is 5.32 Å². The number of amides is 2. The van der Waals surface area contributed by atoms with Crippen molar-refractivity contribution < 1.29 is 9.59 Å². The molecule has 2 saturated carbocycles. The molecular weight excluding hydrogens is 254 g/mol. The summed E-state index contributed by atoms with van der Waals surface area (Å²) in [5.41, 5.74) is 0. The molecule has 0 aromatic heterocycles. The highest BCUT2D eigenvalue weighted by atomic mass is 16.2. The van der Waals surface area contributed by atoms with Gasteiger partial charge >= 0.3 is 0 Å². The Morgan fingerprint density at radius 3 is 2.25 bits per heavy atom. The molecule has 2 rings (SSSR count). The van der Waals surface area contributed by atoms with Gasteiger partial charge in [0.15, 0.2) is 0 Å². The van der Waals surface area contributed by atoms with Crippen molar-refractivity contribution in [1.29, 1.82) is 0 Å². The Balaban J connectivity index is 1.72. The van der Waals surface area contributed by atoms with Crippen LogP contribution in [0.15, 0.2) is 0 Å². The monoisotopic (exact) mass is 281 g/mol. The zero-order chi connectivity index (χ0) is 14.5. The third-order valence-electron chi connectivity index (χ3n) is 4.43. The van der Waals surface area contributed by atoms with E-state index in [1.54, 1.807) is 7.05 Å². The molecule has 20 heavy (non-hydrogen) atoms. The number of nitrogens with one attached hydrogen (secondary N) is 1. The fourth-order valence-corrected chi connectivity index (χ4v) is 2.73. The van der Waals surface area contributed by atoms with Crippen LogP contribution in [0.2, 0.25) is 0 Å². The lowest BCUT2D eigenvalue weighted by Gasteiger charge is -2.32. The fourth-order valence-electron chi connectivity index (χ4n) is 2.73. The van der Waals surface area contributed by atoms with Gasteiger partial charge in [-0.1, -0.05) is 19.3 Å². The Bertz CT molecular complexity index is 349. The molecule has 0 spiro atoms. The van der Waals surface area contributed by atoms with Crippen LogP contribution in [-0.4, -0.2) is 60.9 Å². The molecular formula is C15H27N3O2. The molecule has 0 bridgehead atoms. The summed E-state index contributed by atoms with van der Waals surface area (Å²) in [5.74, 6) is 0.0569. The van der Waals surface area contributed by atoms with Crippen molar-refractivity contribution in [1.82, 2.24) is 15.1 Å². The Morgan fingerprint density at radius 2 is 1.65 bits per heavy atom. The van der Waals surface area contributed by atoms with E-state index in [2.05, 4.69) is 5.32 Å². The maximum Gasteiger partial charge on any atom is 0.242 e. The second-order valence-electron chi connectivity index (χ2n) is 6.20. The summed E-state index contributed by atoms with van der Waals surface area (Å²) in [7, 11) is 3.59. The molecule has 0 heterocycles. The molecule has 2 fully saturated rings. The molecule has 0 unspecified atom stereocenters. The molecule has 2 aliphatic rings. The zero-order valence-corrected chi connectivity index (χ0v) is 12.7. The van der Waals surface area contributed by atoms with Gasteiger partial charge in [0.1, 0.15) is 0 Å². The smallest absolute Gasteiger partial charge is 0.242 e. The molecule has 0 aliphatic heterocycles. The number of hydrogen-bond acceptors (Lipinski definition) is 3. The van der Waals surface area contributed by atoms with Crippen molar-refractivity contribution in [3.8, 4) is 0 Å². The van der Waals surface area contributed by atoms with E-state index in [0.717, 1.165) is 12.8 Å². The summed E-state index contributed by atoms with van der Waals surface area (Å²) in [4.78, 5) is 27.5. The van der Waals surface area contributed by atoms with E-state index < -0.39 is 0 Å². The molecule has 114 valence electrons. The molecule has 2 aliphatic carbocycles.